The molecule has 0 radical (unpaired) electrons. The Morgan fingerprint density at radius 1 is 1.23 bits per heavy atom. The van der Waals surface area contributed by atoms with Crippen LogP contribution in [0, 0.1) is 5.82 Å². The Labute approximate surface area is 183 Å². The van der Waals surface area contributed by atoms with Crippen LogP contribution in [0.1, 0.15) is 34.8 Å². The molecule has 0 spiro atoms. The first kappa shape index (κ1) is 19.8. The van der Waals surface area contributed by atoms with Gasteiger partial charge in [-0.2, -0.15) is 0 Å². The van der Waals surface area contributed by atoms with Crippen LogP contribution in [0.5, 0.6) is 5.75 Å². The predicted octanol–water partition coefficient (Wildman–Crippen LogP) is 5.46. The van der Waals surface area contributed by atoms with Gasteiger partial charge in [0.2, 0.25) is 0 Å². The van der Waals surface area contributed by atoms with Crippen molar-refractivity contribution in [3.63, 3.8) is 0 Å². The summed E-state index contributed by atoms with van der Waals surface area (Å²) >= 11 is 1.30. The molecule has 1 aliphatic rings. The number of rotatable bonds is 4. The lowest BCUT2D eigenvalue weighted by atomic mass is 9.89. The normalized spacial score (nSPS) is 14.8. The fraction of sp³-hybridized carbons (Fsp3) is 0.250. The molecule has 2 aromatic carbocycles. The first-order valence-electron chi connectivity index (χ1n) is 10.3. The topological polar surface area (TPSA) is 58.2 Å². The number of H-pyrrole nitrogens is 1. The summed E-state index contributed by atoms with van der Waals surface area (Å²) in [6, 6.07) is 12.6. The Hall–Kier alpha value is -3.19. The van der Waals surface area contributed by atoms with Crippen molar-refractivity contribution in [2.45, 2.75) is 18.8 Å². The van der Waals surface area contributed by atoms with Crippen molar-refractivity contribution < 1.29 is 13.9 Å². The van der Waals surface area contributed by atoms with Crippen LogP contribution >= 0.6 is 11.3 Å². The molecule has 3 heterocycles. The van der Waals surface area contributed by atoms with Gasteiger partial charge in [0.15, 0.2) is 0 Å². The second-order valence-electron chi connectivity index (χ2n) is 7.74. The SMILES string of the molecule is COc1ccc2[nH]cc(C3CCN(C(=O)c4csc(-c5ccccc5F)n4)CC3)c2c1. The standard InChI is InChI=1S/C24H22FN3O2S/c1-30-16-6-7-21-18(12-16)19(13-26-21)15-8-10-28(11-9-15)24(29)22-14-31-23(27-22)17-4-2-3-5-20(17)25/h2-7,12-15,26H,8-11H2,1H3. The van der Waals surface area contributed by atoms with E-state index in [0.717, 1.165) is 24.1 Å². The Kier molecular flexibility index (Phi) is 5.19. The molecule has 7 heteroatoms. The van der Waals surface area contributed by atoms with E-state index in [1.165, 1.54) is 28.4 Å². The van der Waals surface area contributed by atoms with E-state index in [1.807, 2.05) is 17.0 Å². The van der Waals surface area contributed by atoms with Gasteiger partial charge in [-0.25, -0.2) is 9.37 Å². The zero-order valence-electron chi connectivity index (χ0n) is 17.1. The van der Waals surface area contributed by atoms with Gasteiger partial charge in [0, 0.05) is 41.1 Å². The average Bonchev–Trinajstić information content (AvgIpc) is 3.46. The molecule has 1 fully saturated rings. The van der Waals surface area contributed by atoms with Crippen molar-refractivity contribution in [2.24, 2.45) is 0 Å². The second kappa shape index (κ2) is 8.15. The van der Waals surface area contributed by atoms with E-state index < -0.39 is 0 Å². The van der Waals surface area contributed by atoms with Gasteiger partial charge in [-0.05, 0) is 54.7 Å². The van der Waals surface area contributed by atoms with Gasteiger partial charge in [-0.3, -0.25) is 4.79 Å². The number of amides is 1. The van der Waals surface area contributed by atoms with E-state index in [0.29, 0.717) is 35.3 Å². The van der Waals surface area contributed by atoms with Gasteiger partial charge in [0.25, 0.3) is 5.91 Å². The first-order valence-corrected chi connectivity index (χ1v) is 11.2. The Morgan fingerprint density at radius 3 is 2.81 bits per heavy atom. The number of nitrogens with one attached hydrogen (secondary N) is 1. The minimum atomic E-state index is -0.327. The maximum absolute atomic E-state index is 14.0. The first-order chi connectivity index (χ1) is 15.1. The fourth-order valence-corrected chi connectivity index (χ4v) is 5.09. The molecule has 5 nitrogen and oxygen atoms in total. The van der Waals surface area contributed by atoms with Crippen molar-refractivity contribution in [1.82, 2.24) is 14.9 Å². The van der Waals surface area contributed by atoms with E-state index in [9.17, 15) is 9.18 Å². The number of nitrogens with zero attached hydrogens (tertiary/aromatic N) is 2. The van der Waals surface area contributed by atoms with Crippen molar-refractivity contribution >= 4 is 28.1 Å². The second-order valence-corrected chi connectivity index (χ2v) is 8.60. The molecule has 0 saturated carbocycles. The number of hydrogen-bond donors (Lipinski definition) is 1. The number of aromatic nitrogens is 2. The summed E-state index contributed by atoms with van der Waals surface area (Å²) in [5.74, 6) is 0.814. The molecule has 1 amide bonds. The zero-order valence-corrected chi connectivity index (χ0v) is 17.9. The molecule has 1 saturated heterocycles. The number of carbonyl (C=O) groups is 1. The molecule has 0 unspecified atom stereocenters. The van der Waals surface area contributed by atoms with Crippen molar-refractivity contribution in [3.8, 4) is 16.3 Å². The van der Waals surface area contributed by atoms with E-state index in [1.54, 1.807) is 30.7 Å². The summed E-state index contributed by atoms with van der Waals surface area (Å²) in [4.78, 5) is 22.6. The third-order valence-electron chi connectivity index (χ3n) is 5.97. The monoisotopic (exact) mass is 435 g/mol. The molecule has 2 aromatic heterocycles. The molecule has 0 bridgehead atoms. The van der Waals surface area contributed by atoms with Crippen LogP contribution in [0.4, 0.5) is 4.39 Å². The summed E-state index contributed by atoms with van der Waals surface area (Å²) in [6.07, 6.45) is 3.85. The number of fused-ring (bicyclic) bond motifs is 1. The van der Waals surface area contributed by atoms with Crippen LogP contribution in [-0.4, -0.2) is 41.0 Å². The molecule has 0 aliphatic carbocycles. The van der Waals surface area contributed by atoms with Gasteiger partial charge >= 0.3 is 0 Å². The summed E-state index contributed by atoms with van der Waals surface area (Å²) in [5, 5.41) is 3.43. The third-order valence-corrected chi connectivity index (χ3v) is 6.85. The number of carbonyl (C=O) groups excluding carboxylic acids is 1. The van der Waals surface area contributed by atoms with Crippen LogP contribution in [0.3, 0.4) is 0 Å². The number of hydrogen-bond acceptors (Lipinski definition) is 4. The average molecular weight is 436 g/mol. The highest BCUT2D eigenvalue weighted by Crippen LogP contribution is 2.35. The number of halogens is 1. The molecule has 1 N–H and O–H groups in total. The van der Waals surface area contributed by atoms with E-state index >= 15 is 0 Å². The van der Waals surface area contributed by atoms with Crippen molar-refractivity contribution in [2.75, 3.05) is 20.2 Å². The van der Waals surface area contributed by atoms with E-state index in [2.05, 4.69) is 22.2 Å². The third kappa shape index (κ3) is 3.70. The lowest BCUT2D eigenvalue weighted by Gasteiger charge is -2.31. The number of ether oxygens (including phenoxy) is 1. The predicted molar refractivity (Wildman–Crippen MR) is 120 cm³/mol. The summed E-state index contributed by atoms with van der Waals surface area (Å²) in [6.45, 7) is 1.35. The zero-order chi connectivity index (χ0) is 21.4. The van der Waals surface area contributed by atoms with Crippen molar-refractivity contribution in [3.05, 3.63) is 71.1 Å². The van der Waals surface area contributed by atoms with Gasteiger partial charge < -0.3 is 14.6 Å². The lowest BCUT2D eigenvalue weighted by molar-refractivity contribution is 0.0708. The van der Waals surface area contributed by atoms with Gasteiger partial charge in [-0.1, -0.05) is 12.1 Å². The van der Waals surface area contributed by atoms with Crippen LogP contribution in [0.25, 0.3) is 21.5 Å². The van der Waals surface area contributed by atoms with Crippen LogP contribution < -0.4 is 4.74 Å². The van der Waals surface area contributed by atoms with Crippen LogP contribution in [0.15, 0.2) is 54.0 Å². The number of methoxy groups -OCH3 is 1. The summed E-state index contributed by atoms with van der Waals surface area (Å²) in [5.41, 5.74) is 3.19. The number of aromatic amines is 1. The van der Waals surface area contributed by atoms with Gasteiger partial charge in [0.1, 0.15) is 22.3 Å². The minimum absolute atomic E-state index is 0.0853. The van der Waals surface area contributed by atoms with Gasteiger partial charge in [0.05, 0.1) is 7.11 Å². The Morgan fingerprint density at radius 2 is 2.03 bits per heavy atom. The quantitative estimate of drug-likeness (QED) is 0.463. The molecule has 31 heavy (non-hydrogen) atoms. The highest BCUT2D eigenvalue weighted by molar-refractivity contribution is 7.13. The number of thiazole rings is 1. The van der Waals surface area contributed by atoms with E-state index in [-0.39, 0.29) is 11.7 Å². The molecule has 1 aliphatic heterocycles. The maximum atomic E-state index is 14.0. The largest absolute Gasteiger partial charge is 0.497 e. The number of piperidine rings is 1. The van der Waals surface area contributed by atoms with Gasteiger partial charge in [-0.15, -0.1) is 11.3 Å². The molecule has 5 rings (SSSR count). The highest BCUT2D eigenvalue weighted by atomic mass is 32.1. The number of benzene rings is 2. The molecule has 0 atom stereocenters. The summed E-state index contributed by atoms with van der Waals surface area (Å²) in [7, 11) is 1.67. The minimum Gasteiger partial charge on any atom is -0.497 e. The van der Waals surface area contributed by atoms with Crippen molar-refractivity contribution in [1.29, 1.82) is 0 Å². The maximum Gasteiger partial charge on any atom is 0.273 e. The Bertz CT molecular complexity index is 1240. The lowest BCUT2D eigenvalue weighted by Crippen LogP contribution is -2.38. The molecule has 158 valence electrons. The number of likely N-dealkylation sites (tertiary alicyclic amines) is 1. The molecular formula is C24H22FN3O2S. The van der Waals surface area contributed by atoms with E-state index in [4.69, 9.17) is 4.74 Å². The fourth-order valence-electron chi connectivity index (χ4n) is 4.27. The summed E-state index contributed by atoms with van der Waals surface area (Å²) < 4.78 is 19.4. The molecule has 4 aromatic rings. The molecular weight excluding hydrogens is 413 g/mol. The van der Waals surface area contributed by atoms with Crippen LogP contribution in [-0.2, 0) is 0 Å². The highest BCUT2D eigenvalue weighted by Gasteiger charge is 2.27. The smallest absolute Gasteiger partial charge is 0.273 e. The van der Waals surface area contributed by atoms with Crippen LogP contribution in [0.2, 0.25) is 0 Å². The Balaban J connectivity index is 1.29.